The van der Waals surface area contributed by atoms with Gasteiger partial charge >= 0.3 is 0 Å². The number of carbonyl (C=O) groups excluding carboxylic acids is 2. The van der Waals surface area contributed by atoms with E-state index in [2.05, 4.69) is 5.32 Å². The summed E-state index contributed by atoms with van der Waals surface area (Å²) in [5.74, 6) is 0.262. The second-order valence-corrected chi connectivity index (χ2v) is 4.13. The van der Waals surface area contributed by atoms with E-state index < -0.39 is 0 Å². The number of nitrogens with zero attached hydrogens (tertiary/aromatic N) is 1. The van der Waals surface area contributed by atoms with Gasteiger partial charge in [0.1, 0.15) is 0 Å². The summed E-state index contributed by atoms with van der Waals surface area (Å²) in [5, 5.41) is 2.59. The summed E-state index contributed by atoms with van der Waals surface area (Å²) in [6.07, 6.45) is 6.92. The largest absolute Gasteiger partial charge is 0.359 e. The van der Waals surface area contributed by atoms with Gasteiger partial charge in [-0.25, -0.2) is 0 Å². The third-order valence-electron chi connectivity index (χ3n) is 2.99. The number of nitrogens with one attached hydrogen (secondary N) is 1. The summed E-state index contributed by atoms with van der Waals surface area (Å²) in [5.41, 5.74) is 1.98. The average molecular weight is 220 g/mol. The molecule has 0 bridgehead atoms. The minimum atomic E-state index is 0.0259. The van der Waals surface area contributed by atoms with E-state index in [9.17, 15) is 9.59 Å². The van der Waals surface area contributed by atoms with Crippen LogP contribution >= 0.6 is 0 Å². The van der Waals surface area contributed by atoms with Gasteiger partial charge in [-0.3, -0.25) is 9.59 Å². The van der Waals surface area contributed by atoms with Gasteiger partial charge in [-0.1, -0.05) is 0 Å². The fourth-order valence-corrected chi connectivity index (χ4v) is 2.06. The van der Waals surface area contributed by atoms with Gasteiger partial charge in [0.15, 0.2) is 5.78 Å². The maximum Gasteiger partial charge on any atom is 0.221 e. The molecule has 1 aliphatic rings. The Balaban J connectivity index is 2.07. The summed E-state index contributed by atoms with van der Waals surface area (Å²) < 4.78 is 1.95. The Labute approximate surface area is 94.6 Å². The normalized spacial score (nSPS) is 14.7. The molecule has 0 radical (unpaired) electrons. The van der Waals surface area contributed by atoms with E-state index in [-0.39, 0.29) is 11.7 Å². The zero-order valence-electron chi connectivity index (χ0n) is 9.45. The van der Waals surface area contributed by atoms with Crippen molar-refractivity contribution in [3.8, 4) is 0 Å². The van der Waals surface area contributed by atoms with Crippen molar-refractivity contribution in [2.75, 3.05) is 7.05 Å². The van der Waals surface area contributed by atoms with Crippen LogP contribution in [0.15, 0.2) is 12.4 Å². The molecule has 2 rings (SSSR count). The number of hydrogen-bond donors (Lipinski definition) is 1. The molecule has 0 spiro atoms. The Hall–Kier alpha value is -1.58. The molecule has 0 saturated carbocycles. The molecule has 1 heterocycles. The molecule has 0 saturated heterocycles. The molecule has 1 aromatic heterocycles. The Morgan fingerprint density at radius 3 is 2.94 bits per heavy atom. The van der Waals surface area contributed by atoms with Gasteiger partial charge in [0.2, 0.25) is 5.91 Å². The predicted molar refractivity (Wildman–Crippen MR) is 60.4 cm³/mol. The maximum atomic E-state index is 11.6. The third kappa shape index (κ3) is 2.15. The molecule has 4 heteroatoms. The molecule has 1 amide bonds. The van der Waals surface area contributed by atoms with Gasteiger partial charge in [0, 0.05) is 44.4 Å². The fraction of sp³-hybridized carbons (Fsp3) is 0.500. The Morgan fingerprint density at radius 1 is 1.44 bits per heavy atom. The van der Waals surface area contributed by atoms with Crippen LogP contribution in [0.3, 0.4) is 0 Å². The highest BCUT2D eigenvalue weighted by Gasteiger charge is 2.18. The number of Topliss-reactive ketones (excluding diaryl/α,β-unsaturated/α-hetero) is 1. The molecule has 1 aliphatic carbocycles. The van der Waals surface area contributed by atoms with E-state index in [1.807, 2.05) is 17.0 Å². The maximum absolute atomic E-state index is 11.6. The van der Waals surface area contributed by atoms with Crippen LogP contribution in [0.25, 0.3) is 0 Å². The van der Waals surface area contributed by atoms with E-state index in [4.69, 9.17) is 0 Å². The number of aromatic nitrogens is 1. The predicted octanol–water partition coefficient (Wildman–Crippen LogP) is 1.14. The molecule has 4 nitrogen and oxygen atoms in total. The summed E-state index contributed by atoms with van der Waals surface area (Å²) in [6, 6.07) is 0. The van der Waals surface area contributed by atoms with Crippen molar-refractivity contribution in [1.29, 1.82) is 0 Å². The van der Waals surface area contributed by atoms with Gasteiger partial charge in [-0.05, 0) is 18.4 Å². The highest BCUT2D eigenvalue weighted by atomic mass is 16.1. The number of aryl methyl sites for hydroxylation is 2. The Bertz CT molecular complexity index is 421. The lowest BCUT2D eigenvalue weighted by molar-refractivity contribution is -0.120. The van der Waals surface area contributed by atoms with Crippen LogP contribution in [0.4, 0.5) is 0 Å². The Morgan fingerprint density at radius 2 is 2.25 bits per heavy atom. The lowest BCUT2D eigenvalue weighted by Gasteiger charge is -2.07. The minimum absolute atomic E-state index is 0.0259. The Kier molecular flexibility index (Phi) is 3.08. The number of rotatable bonds is 3. The van der Waals surface area contributed by atoms with E-state index in [0.717, 1.165) is 24.0 Å². The number of amides is 1. The lowest BCUT2D eigenvalue weighted by Crippen LogP contribution is -2.19. The second-order valence-electron chi connectivity index (χ2n) is 4.13. The first-order valence-corrected chi connectivity index (χ1v) is 5.63. The second kappa shape index (κ2) is 4.51. The third-order valence-corrected chi connectivity index (χ3v) is 2.99. The van der Waals surface area contributed by atoms with Crippen LogP contribution in [0.1, 0.15) is 35.2 Å². The first-order chi connectivity index (χ1) is 7.70. The van der Waals surface area contributed by atoms with Crippen LogP contribution in [-0.2, 0) is 17.8 Å². The molecule has 16 heavy (non-hydrogen) atoms. The van der Waals surface area contributed by atoms with Crippen molar-refractivity contribution in [1.82, 2.24) is 9.88 Å². The zero-order chi connectivity index (χ0) is 11.5. The topological polar surface area (TPSA) is 51.1 Å². The molecule has 0 atom stereocenters. The average Bonchev–Trinajstić information content (AvgIpc) is 2.70. The number of carbonyl (C=O) groups is 2. The first kappa shape index (κ1) is 10.9. The van der Waals surface area contributed by atoms with Gasteiger partial charge < -0.3 is 9.88 Å². The van der Waals surface area contributed by atoms with Gasteiger partial charge in [0.05, 0.1) is 0 Å². The van der Waals surface area contributed by atoms with Crippen molar-refractivity contribution >= 4 is 11.7 Å². The van der Waals surface area contributed by atoms with E-state index >= 15 is 0 Å². The quantitative estimate of drug-likeness (QED) is 0.830. The number of ketones is 1. The fourth-order valence-electron chi connectivity index (χ4n) is 2.06. The van der Waals surface area contributed by atoms with Gasteiger partial charge in [-0.15, -0.1) is 0 Å². The monoisotopic (exact) mass is 220 g/mol. The van der Waals surface area contributed by atoms with E-state index in [0.29, 0.717) is 19.4 Å². The standard InChI is InChI=1S/C12H16N2O2/c1-13-12(16)5-6-14-7-9-3-2-4-11(15)10(9)8-14/h7-8H,2-6H2,1H3,(H,13,16). The summed E-state index contributed by atoms with van der Waals surface area (Å²) >= 11 is 0. The SMILES string of the molecule is CNC(=O)CCn1cc2c(c1)C(=O)CCC2. The van der Waals surface area contributed by atoms with Crippen LogP contribution < -0.4 is 5.32 Å². The van der Waals surface area contributed by atoms with Crippen molar-refractivity contribution in [2.45, 2.75) is 32.2 Å². The number of fused-ring (bicyclic) bond motifs is 1. The molecule has 0 unspecified atom stereocenters. The van der Waals surface area contributed by atoms with Crippen LogP contribution in [0, 0.1) is 0 Å². The molecular formula is C12H16N2O2. The number of hydrogen-bond acceptors (Lipinski definition) is 2. The molecule has 0 aliphatic heterocycles. The van der Waals surface area contributed by atoms with Gasteiger partial charge in [0.25, 0.3) is 0 Å². The highest BCUT2D eigenvalue weighted by Crippen LogP contribution is 2.22. The van der Waals surface area contributed by atoms with Crippen molar-refractivity contribution < 1.29 is 9.59 Å². The van der Waals surface area contributed by atoms with E-state index in [1.165, 1.54) is 0 Å². The van der Waals surface area contributed by atoms with E-state index in [1.54, 1.807) is 7.05 Å². The molecule has 1 aromatic rings. The molecule has 1 N–H and O–H groups in total. The molecular weight excluding hydrogens is 204 g/mol. The van der Waals surface area contributed by atoms with Crippen LogP contribution in [0.5, 0.6) is 0 Å². The van der Waals surface area contributed by atoms with Crippen molar-refractivity contribution in [3.63, 3.8) is 0 Å². The summed E-state index contributed by atoms with van der Waals surface area (Å²) in [6.45, 7) is 0.639. The smallest absolute Gasteiger partial charge is 0.221 e. The van der Waals surface area contributed by atoms with Crippen LogP contribution in [-0.4, -0.2) is 23.3 Å². The lowest BCUT2D eigenvalue weighted by atomic mass is 9.95. The minimum Gasteiger partial charge on any atom is -0.359 e. The van der Waals surface area contributed by atoms with Crippen molar-refractivity contribution in [3.05, 3.63) is 23.5 Å². The summed E-state index contributed by atoms with van der Waals surface area (Å²) in [7, 11) is 1.63. The van der Waals surface area contributed by atoms with Crippen LogP contribution in [0.2, 0.25) is 0 Å². The zero-order valence-corrected chi connectivity index (χ0v) is 9.45. The highest BCUT2D eigenvalue weighted by molar-refractivity contribution is 5.98. The summed E-state index contributed by atoms with van der Waals surface area (Å²) in [4.78, 5) is 22.7. The molecule has 0 aromatic carbocycles. The molecule has 86 valence electrons. The molecule has 0 fully saturated rings. The van der Waals surface area contributed by atoms with Gasteiger partial charge in [-0.2, -0.15) is 0 Å². The first-order valence-electron chi connectivity index (χ1n) is 5.63. The van der Waals surface area contributed by atoms with Crippen molar-refractivity contribution in [2.24, 2.45) is 0 Å².